The van der Waals surface area contributed by atoms with E-state index in [-0.39, 0.29) is 24.6 Å². The molecule has 0 aliphatic carbocycles. The number of carbonyl (C=O) groups excluding carboxylic acids is 2. The number of hydrogen-bond acceptors (Lipinski definition) is 8. The van der Waals surface area contributed by atoms with E-state index < -0.39 is 23.0 Å². The summed E-state index contributed by atoms with van der Waals surface area (Å²) in [6.07, 6.45) is 3.54. The molecule has 0 radical (unpaired) electrons. The predicted octanol–water partition coefficient (Wildman–Crippen LogP) is 1.77. The van der Waals surface area contributed by atoms with Crippen LogP contribution in [0, 0.1) is 25.1 Å². The second kappa shape index (κ2) is 8.57. The molecule has 1 aliphatic rings. The Morgan fingerprint density at radius 3 is 2.82 bits per heavy atom. The second-order valence-electron chi connectivity index (χ2n) is 8.10. The summed E-state index contributed by atoms with van der Waals surface area (Å²) in [5.41, 5.74) is 0.496. The molecule has 11 heteroatoms. The summed E-state index contributed by atoms with van der Waals surface area (Å²) in [5, 5.41) is 18.0. The summed E-state index contributed by atoms with van der Waals surface area (Å²) < 4.78 is 20.0. The number of para-hydroxylation sites is 1. The van der Waals surface area contributed by atoms with Crippen molar-refractivity contribution in [2.45, 2.75) is 26.7 Å². The van der Waals surface area contributed by atoms with E-state index >= 15 is 0 Å². The van der Waals surface area contributed by atoms with E-state index in [4.69, 9.17) is 4.74 Å². The normalized spacial score (nSPS) is 17.9. The predicted molar refractivity (Wildman–Crippen MR) is 113 cm³/mol. The number of aryl methyl sites for hydroxylation is 2. The van der Waals surface area contributed by atoms with Crippen LogP contribution < -0.4 is 0 Å². The van der Waals surface area contributed by atoms with Crippen LogP contribution in [0.15, 0.2) is 30.6 Å². The SMILES string of the molecule is COC(=O)C1(Cc2cn(-c3cccc(F)c3O)nn2)CCN(C(=O)c2cnc(C)nc2C)C1. The maximum Gasteiger partial charge on any atom is 0.314 e. The summed E-state index contributed by atoms with van der Waals surface area (Å²) in [7, 11) is 1.30. The Bertz CT molecular complexity index is 1230. The quantitative estimate of drug-likeness (QED) is 0.579. The van der Waals surface area contributed by atoms with Crippen LogP contribution in [0.4, 0.5) is 4.39 Å². The van der Waals surface area contributed by atoms with Crippen molar-refractivity contribution in [2.75, 3.05) is 20.2 Å². The molecule has 1 unspecified atom stereocenters. The van der Waals surface area contributed by atoms with Gasteiger partial charge in [-0.1, -0.05) is 11.3 Å². The number of nitrogens with zero attached hydrogens (tertiary/aromatic N) is 6. The third kappa shape index (κ3) is 4.13. The summed E-state index contributed by atoms with van der Waals surface area (Å²) in [6.45, 7) is 3.96. The molecule has 1 saturated heterocycles. The molecule has 10 nitrogen and oxygen atoms in total. The second-order valence-corrected chi connectivity index (χ2v) is 8.10. The first-order valence-electron chi connectivity index (χ1n) is 10.3. The lowest BCUT2D eigenvalue weighted by atomic mass is 9.82. The van der Waals surface area contributed by atoms with Crippen molar-refractivity contribution in [3.63, 3.8) is 0 Å². The molecule has 1 aromatic carbocycles. The molecule has 1 N–H and O–H groups in total. The molecule has 1 atom stereocenters. The Morgan fingerprint density at radius 1 is 1.30 bits per heavy atom. The molecule has 3 aromatic rings. The molecule has 4 rings (SSSR count). The van der Waals surface area contributed by atoms with Gasteiger partial charge in [-0.05, 0) is 32.4 Å². The smallest absolute Gasteiger partial charge is 0.314 e. The molecule has 1 fully saturated rings. The fraction of sp³-hybridized carbons (Fsp3) is 0.364. The number of aromatic hydroxyl groups is 1. The number of likely N-dealkylation sites (tertiary alicyclic amines) is 1. The standard InChI is InChI=1S/C22H23FN6O4/c1-13-16(10-24-14(2)25-13)20(31)28-8-7-22(12-28,21(32)33-3)9-15-11-29(27-26-15)18-6-4-5-17(23)19(18)30/h4-6,10-11,30H,7-9,12H2,1-3H3. The van der Waals surface area contributed by atoms with E-state index in [2.05, 4.69) is 20.3 Å². The number of phenolic OH excluding ortho intramolecular Hbond substituents is 1. The number of hydrogen-bond donors (Lipinski definition) is 1. The maximum atomic E-state index is 13.7. The molecule has 0 bridgehead atoms. The van der Waals surface area contributed by atoms with Crippen molar-refractivity contribution in [2.24, 2.45) is 5.41 Å². The number of ether oxygens (including phenoxy) is 1. The minimum absolute atomic E-state index is 0.124. The van der Waals surface area contributed by atoms with E-state index in [0.717, 1.165) is 6.07 Å². The fourth-order valence-electron chi connectivity index (χ4n) is 4.14. The lowest BCUT2D eigenvalue weighted by molar-refractivity contribution is -0.151. The van der Waals surface area contributed by atoms with E-state index in [1.54, 1.807) is 18.7 Å². The Hall–Kier alpha value is -3.89. The molecule has 172 valence electrons. The van der Waals surface area contributed by atoms with E-state index in [9.17, 15) is 19.1 Å². The van der Waals surface area contributed by atoms with Gasteiger partial charge in [-0.15, -0.1) is 5.10 Å². The third-order valence-corrected chi connectivity index (χ3v) is 5.86. The van der Waals surface area contributed by atoms with Crippen LogP contribution in [-0.4, -0.2) is 67.0 Å². The zero-order valence-corrected chi connectivity index (χ0v) is 18.4. The molecule has 2 aromatic heterocycles. The highest BCUT2D eigenvalue weighted by Crippen LogP contribution is 2.36. The number of phenols is 1. The van der Waals surface area contributed by atoms with Crippen molar-refractivity contribution in [3.05, 3.63) is 59.2 Å². The number of benzene rings is 1. The molecule has 1 aliphatic heterocycles. The van der Waals surface area contributed by atoms with Gasteiger partial charge in [0.25, 0.3) is 5.91 Å². The highest BCUT2D eigenvalue weighted by molar-refractivity contribution is 5.95. The first-order valence-corrected chi connectivity index (χ1v) is 10.3. The van der Waals surface area contributed by atoms with Crippen molar-refractivity contribution in [1.82, 2.24) is 29.9 Å². The van der Waals surface area contributed by atoms with E-state index in [1.165, 1.54) is 36.3 Å². The molecule has 3 heterocycles. The average molecular weight is 454 g/mol. The number of rotatable bonds is 5. The van der Waals surface area contributed by atoms with Crippen LogP contribution in [0.1, 0.15) is 34.0 Å². The van der Waals surface area contributed by atoms with Crippen molar-refractivity contribution < 1.29 is 23.8 Å². The highest BCUT2D eigenvalue weighted by Gasteiger charge is 2.48. The van der Waals surface area contributed by atoms with Gasteiger partial charge < -0.3 is 14.7 Å². The summed E-state index contributed by atoms with van der Waals surface area (Å²) in [4.78, 5) is 35.8. The van der Waals surface area contributed by atoms with Crippen LogP contribution >= 0.6 is 0 Å². The van der Waals surface area contributed by atoms with Crippen LogP contribution in [0.5, 0.6) is 5.75 Å². The number of halogens is 1. The van der Waals surface area contributed by atoms with Gasteiger partial charge in [0.2, 0.25) is 0 Å². The van der Waals surface area contributed by atoms with Crippen molar-refractivity contribution >= 4 is 11.9 Å². The first-order chi connectivity index (χ1) is 15.7. The molecule has 33 heavy (non-hydrogen) atoms. The van der Waals surface area contributed by atoms with Gasteiger partial charge in [-0.25, -0.2) is 19.0 Å². The third-order valence-electron chi connectivity index (χ3n) is 5.86. The van der Waals surface area contributed by atoms with E-state index in [1.807, 2.05) is 0 Å². The van der Waals surface area contributed by atoms with Gasteiger partial charge in [0, 0.05) is 25.7 Å². The van der Waals surface area contributed by atoms with Crippen molar-refractivity contribution in [3.8, 4) is 11.4 Å². The Labute approximate surface area is 189 Å². The number of methoxy groups -OCH3 is 1. The van der Waals surface area contributed by atoms with Crippen LogP contribution in [0.25, 0.3) is 5.69 Å². The largest absolute Gasteiger partial charge is 0.503 e. The van der Waals surface area contributed by atoms with Gasteiger partial charge in [-0.2, -0.15) is 0 Å². The molecular formula is C22H23FN6O4. The minimum Gasteiger partial charge on any atom is -0.503 e. The molecule has 0 spiro atoms. The zero-order chi connectivity index (χ0) is 23.8. The van der Waals surface area contributed by atoms with Gasteiger partial charge in [0.05, 0.1) is 35.7 Å². The van der Waals surface area contributed by atoms with Crippen LogP contribution in [-0.2, 0) is 16.0 Å². The van der Waals surface area contributed by atoms with E-state index in [0.29, 0.717) is 35.7 Å². The molecule has 1 amide bonds. The average Bonchev–Trinajstić information content (AvgIpc) is 3.43. The lowest BCUT2D eigenvalue weighted by Crippen LogP contribution is -2.39. The number of aromatic nitrogens is 5. The minimum atomic E-state index is -1.02. The monoisotopic (exact) mass is 454 g/mol. The van der Waals surface area contributed by atoms with Gasteiger partial charge in [0.1, 0.15) is 11.5 Å². The maximum absolute atomic E-state index is 13.7. The fourth-order valence-corrected chi connectivity index (χ4v) is 4.14. The van der Waals surface area contributed by atoms with Gasteiger partial charge in [-0.3, -0.25) is 9.59 Å². The van der Waals surface area contributed by atoms with Crippen LogP contribution in [0.3, 0.4) is 0 Å². The summed E-state index contributed by atoms with van der Waals surface area (Å²) >= 11 is 0. The Morgan fingerprint density at radius 2 is 2.09 bits per heavy atom. The van der Waals surface area contributed by atoms with Gasteiger partial charge >= 0.3 is 5.97 Å². The van der Waals surface area contributed by atoms with Crippen LogP contribution in [0.2, 0.25) is 0 Å². The Balaban J connectivity index is 1.58. The molecular weight excluding hydrogens is 431 g/mol. The first kappa shape index (κ1) is 22.3. The summed E-state index contributed by atoms with van der Waals surface area (Å²) in [6, 6.07) is 4.07. The number of amides is 1. The number of carbonyl (C=O) groups is 2. The highest BCUT2D eigenvalue weighted by atomic mass is 19.1. The topological polar surface area (TPSA) is 123 Å². The van der Waals surface area contributed by atoms with Gasteiger partial charge in [0.15, 0.2) is 11.6 Å². The Kier molecular flexibility index (Phi) is 5.79. The van der Waals surface area contributed by atoms with Crippen molar-refractivity contribution in [1.29, 1.82) is 0 Å². The number of esters is 1. The molecule has 0 saturated carbocycles. The summed E-state index contributed by atoms with van der Waals surface area (Å²) in [5.74, 6) is -1.48. The lowest BCUT2D eigenvalue weighted by Gasteiger charge is -2.25. The zero-order valence-electron chi connectivity index (χ0n) is 18.4.